The van der Waals surface area contributed by atoms with Crippen molar-refractivity contribution in [1.82, 2.24) is 0 Å². The number of fused-ring (bicyclic) bond motifs is 8. The molecule has 0 bridgehead atoms. The number of aromatic carboxylic acids is 2. The Morgan fingerprint density at radius 1 is 0.413 bits per heavy atom. The second-order valence-electron chi connectivity index (χ2n) is 26.4. The third-order valence-corrected chi connectivity index (χ3v) is 22.0. The fraction of sp³-hybridized carbons (Fsp3) is 0.0842. The quantitative estimate of drug-likeness (QED) is 0.0133. The van der Waals surface area contributed by atoms with Gasteiger partial charge in [0.2, 0.25) is 0 Å². The number of carbonyl (C=O) groups excluding carboxylic acids is 3. The monoisotopic (exact) mass is 1820 g/mol. The third-order valence-electron chi connectivity index (χ3n) is 19.1. The molecule has 31 heteroatoms. The molecular weight excluding hydrogens is 1750 g/mol. The SMILES string of the molecule is C.COC(=O)CSCc1ccccc1-c1oc2ccccc2c1Cl.COC(=O)c1ccccc1-c1oc2ccccc2c1Cl.O=C(O)c1ccccc1-c1cc2ccccc2o1.O=C(O)c1ccccc1-c1oc2ccccc2c1Cl.O=C1OC2(Oc3ccccc3C2Cl)c2ccccc21.OCc1ccccc1-c1oc2ccccc2c1Cl.OOOOOOOO. The van der Waals surface area contributed by atoms with Crippen LogP contribution in [0.3, 0.4) is 0 Å². The van der Waals surface area contributed by atoms with E-state index in [1.807, 2.05) is 212 Å². The molecule has 0 radical (unpaired) electrons. The molecule has 25 nitrogen and oxygen atoms in total. The van der Waals surface area contributed by atoms with Crippen LogP contribution in [0.2, 0.25) is 20.1 Å². The second kappa shape index (κ2) is 43.5. The van der Waals surface area contributed by atoms with Gasteiger partial charge >= 0.3 is 35.6 Å². The number of rotatable bonds is 18. The number of hydrogen-bond acceptors (Lipinski definition) is 24. The van der Waals surface area contributed by atoms with E-state index in [4.69, 9.17) is 110 Å². The first-order valence-electron chi connectivity index (χ1n) is 37.3. The maximum absolute atomic E-state index is 12.0. The van der Waals surface area contributed by atoms with Gasteiger partial charge in [-0.1, -0.05) is 260 Å². The Morgan fingerprint density at radius 2 is 0.794 bits per heavy atom. The van der Waals surface area contributed by atoms with Gasteiger partial charge in [0.25, 0.3) is 0 Å². The van der Waals surface area contributed by atoms with Crippen molar-refractivity contribution < 1.29 is 121 Å². The highest BCUT2D eigenvalue weighted by Crippen LogP contribution is 2.57. The van der Waals surface area contributed by atoms with Gasteiger partial charge in [-0.05, 0) is 132 Å². The fourth-order valence-electron chi connectivity index (χ4n) is 13.4. The number of aliphatic hydroxyl groups is 1. The van der Waals surface area contributed by atoms with Gasteiger partial charge in [-0.3, -0.25) is 4.79 Å². The summed E-state index contributed by atoms with van der Waals surface area (Å²) in [5, 5.41) is 66.7. The van der Waals surface area contributed by atoms with E-state index in [9.17, 15) is 34.2 Å². The largest absolute Gasteiger partial charge is 0.478 e. The van der Waals surface area contributed by atoms with Gasteiger partial charge in [0.05, 0.1) is 74.5 Å². The number of carbonyl (C=O) groups is 5. The van der Waals surface area contributed by atoms with Crippen molar-refractivity contribution in [3.05, 3.63) is 362 Å². The van der Waals surface area contributed by atoms with E-state index in [1.54, 1.807) is 78.9 Å². The van der Waals surface area contributed by atoms with E-state index in [1.165, 1.54) is 32.0 Å². The summed E-state index contributed by atoms with van der Waals surface area (Å²) < 4.78 is 49.7. The summed E-state index contributed by atoms with van der Waals surface area (Å²) in [6.45, 7) is -0.0381. The molecule has 0 saturated carbocycles. The zero-order valence-corrected chi connectivity index (χ0v) is 69.8. The molecule has 2 aliphatic heterocycles. The Bertz CT molecular complexity index is 6650. The molecule has 5 aromatic heterocycles. The lowest BCUT2D eigenvalue weighted by molar-refractivity contribution is -0.810. The van der Waals surface area contributed by atoms with Crippen LogP contribution in [0.5, 0.6) is 5.75 Å². The maximum Gasteiger partial charge on any atom is 0.342 e. The molecule has 19 rings (SSSR count). The minimum Gasteiger partial charge on any atom is -0.478 e. The molecule has 17 aromatic rings. The third kappa shape index (κ3) is 20.8. The average Bonchev–Trinajstić information content (AvgIpc) is 1.55. The Labute approximate surface area is 745 Å². The number of aliphatic hydroxyl groups excluding tert-OH is 1. The fourth-order valence-corrected chi connectivity index (χ4v) is 15.8. The molecule has 642 valence electrons. The van der Waals surface area contributed by atoms with Crippen molar-refractivity contribution in [3.63, 3.8) is 0 Å². The predicted octanol–water partition coefficient (Wildman–Crippen LogP) is 25.8. The van der Waals surface area contributed by atoms with Crippen LogP contribution in [-0.4, -0.2) is 75.7 Å². The molecule has 2 aliphatic rings. The van der Waals surface area contributed by atoms with E-state index >= 15 is 0 Å². The van der Waals surface area contributed by atoms with E-state index in [0.717, 1.165) is 71.5 Å². The zero-order chi connectivity index (χ0) is 88.1. The summed E-state index contributed by atoms with van der Waals surface area (Å²) in [4.78, 5) is 57.4. The van der Waals surface area contributed by atoms with Gasteiger partial charge < -0.3 is 56.4 Å². The number of carboxylic acids is 2. The predicted molar refractivity (Wildman–Crippen MR) is 475 cm³/mol. The van der Waals surface area contributed by atoms with Crippen LogP contribution < -0.4 is 4.74 Å². The summed E-state index contributed by atoms with van der Waals surface area (Å²) in [5.74, 6) is 0.162. The smallest absolute Gasteiger partial charge is 0.342 e. The molecule has 0 amide bonds. The summed E-state index contributed by atoms with van der Waals surface area (Å²) in [7, 11) is 2.74. The van der Waals surface area contributed by atoms with E-state index < -0.39 is 35.0 Å². The van der Waals surface area contributed by atoms with Gasteiger partial charge in [-0.25, -0.2) is 29.7 Å². The Hall–Kier alpha value is -13.1. The zero-order valence-electron chi connectivity index (χ0n) is 65.2. The highest BCUT2D eigenvalue weighted by Gasteiger charge is 2.58. The molecule has 0 aliphatic carbocycles. The van der Waals surface area contributed by atoms with Crippen LogP contribution in [0.25, 0.3) is 111 Å². The van der Waals surface area contributed by atoms with Crippen molar-refractivity contribution in [1.29, 1.82) is 0 Å². The summed E-state index contributed by atoms with van der Waals surface area (Å²) in [6, 6.07) is 90.3. The minimum atomic E-state index is -1.22. The van der Waals surface area contributed by atoms with E-state index in [0.29, 0.717) is 111 Å². The van der Waals surface area contributed by atoms with Gasteiger partial charge in [0, 0.05) is 66.1 Å². The highest BCUT2D eigenvalue weighted by atomic mass is 35.5. The van der Waals surface area contributed by atoms with Crippen molar-refractivity contribution in [2.24, 2.45) is 0 Å². The topological polar surface area (TPSA) is 345 Å². The number of hydrogen-bond donors (Lipinski definition) is 5. The van der Waals surface area contributed by atoms with Crippen molar-refractivity contribution in [3.8, 4) is 62.4 Å². The van der Waals surface area contributed by atoms with Crippen LogP contribution in [0.15, 0.2) is 319 Å². The minimum absolute atomic E-state index is 0. The summed E-state index contributed by atoms with van der Waals surface area (Å²) in [6.07, 6.45) is 0. The van der Waals surface area contributed by atoms with Gasteiger partial charge in [-0.15, -0.1) is 23.4 Å². The van der Waals surface area contributed by atoms with Crippen LogP contribution >= 0.6 is 69.8 Å². The number of furan rings is 5. The number of carboxylic acid groups (broad SMARTS) is 2. The molecule has 5 N–H and O–H groups in total. The average molecular weight is 1820 g/mol. The number of para-hydroxylation sites is 6. The normalized spacial score (nSPS) is 13.1. The molecule has 2 unspecified atom stereocenters. The highest BCUT2D eigenvalue weighted by molar-refractivity contribution is 7.99. The van der Waals surface area contributed by atoms with Crippen molar-refractivity contribution in [2.75, 3.05) is 20.0 Å². The molecule has 126 heavy (non-hydrogen) atoms. The lowest BCUT2D eigenvalue weighted by atomic mass is 9.97. The van der Waals surface area contributed by atoms with Crippen molar-refractivity contribution >= 4 is 154 Å². The van der Waals surface area contributed by atoms with Crippen LogP contribution in [-0.2, 0) is 67.4 Å². The maximum atomic E-state index is 12.0. The number of ether oxygens (including phenoxy) is 4. The molecule has 2 atom stereocenters. The first-order valence-corrected chi connectivity index (χ1v) is 40.4. The molecular formula is C95H71Cl5O25S. The number of thioether (sulfide) groups is 1. The molecule has 1 spiro atoms. The number of alkyl halides is 1. The second-order valence-corrected chi connectivity index (χ2v) is 29.4. The number of esters is 3. The Balaban J connectivity index is 0.000000135. The van der Waals surface area contributed by atoms with Gasteiger partial charge in [-0.2, -0.15) is 0 Å². The van der Waals surface area contributed by atoms with Gasteiger partial charge in [0.1, 0.15) is 44.8 Å². The van der Waals surface area contributed by atoms with Crippen molar-refractivity contribution in [2.45, 2.75) is 31.0 Å². The Morgan fingerprint density at radius 3 is 1.25 bits per heavy atom. The van der Waals surface area contributed by atoms with Crippen LogP contribution in [0.4, 0.5) is 0 Å². The lowest BCUT2D eigenvalue weighted by Gasteiger charge is -2.25. The molecule has 7 heterocycles. The standard InChI is InChI=1S/C18H15ClO3S.C16H11ClO3.2C15H9ClO3.C15H11ClO2.C15H10O3.CH4.H2O8/c1-21-16(20)11-23-10-12-6-2-3-7-13(12)18-17(19)14-8-4-5-9-15(14)22-18;1-19-16(18)11-7-3-2-6-10(11)15-14(17)12-8-4-5-9-13(12)20-15;16-13-10-6-2-4-8-12(10)18-15(13)11-7-3-1-5-9(11)14(17)19-15;16-13-11-7-3-4-8-12(11)19-14(13)9-5-1-2-6-10(9)15(17)18;16-14-12-7-3-4-8-13(12)18-15(14)11-6-2-1-5-10(11)9-17;16-15(17)12-7-3-2-6-11(12)14-9-10-5-1-4-8-13(10)18-14;;1-3-5-7-8-6-4-2/h2-9H,10-11H2,1H3;2-9H,1H3;1-8,13H;1-8H,(H,17,18);1-8,17H,9H2;1-9H,(H,16,17);1H4;1-2H. The van der Waals surface area contributed by atoms with E-state index in [2.05, 4.69) is 35.0 Å². The molecule has 0 fully saturated rings. The summed E-state index contributed by atoms with van der Waals surface area (Å²) in [5.41, 5.74) is 11.9. The van der Waals surface area contributed by atoms with Gasteiger partial charge in [0.15, 0.2) is 23.0 Å². The number of halogens is 5. The summed E-state index contributed by atoms with van der Waals surface area (Å²) >= 11 is 33.5. The first-order chi connectivity index (χ1) is 60.8. The van der Waals surface area contributed by atoms with Crippen LogP contribution in [0.1, 0.15) is 76.5 Å². The number of methoxy groups -OCH3 is 2. The number of benzene rings is 12. The van der Waals surface area contributed by atoms with E-state index in [-0.39, 0.29) is 31.1 Å². The van der Waals surface area contributed by atoms with Crippen LogP contribution in [0, 0.1) is 0 Å². The Kier molecular flexibility index (Phi) is 31.8. The first kappa shape index (κ1) is 92.1. The lowest BCUT2D eigenvalue weighted by Crippen LogP contribution is -2.33. The molecule has 0 saturated heterocycles. The molecule has 12 aromatic carbocycles.